The zero-order valence-electron chi connectivity index (χ0n) is 19.8. The fourth-order valence-corrected chi connectivity index (χ4v) is 5.87. The van der Waals surface area contributed by atoms with E-state index in [1.54, 1.807) is 0 Å². The van der Waals surface area contributed by atoms with Gasteiger partial charge in [-0.3, -0.25) is 0 Å². The first-order chi connectivity index (χ1) is 15.9. The summed E-state index contributed by atoms with van der Waals surface area (Å²) in [4.78, 5) is 1.44. The van der Waals surface area contributed by atoms with E-state index in [4.69, 9.17) is 0 Å². The van der Waals surface area contributed by atoms with Crippen molar-refractivity contribution < 1.29 is 34.8 Å². The molecule has 1 heterocycles. The molecule has 0 spiro atoms. The molecule has 1 aliphatic rings. The molecule has 1 aliphatic heterocycles. The number of piperidine rings is 1. The van der Waals surface area contributed by atoms with Gasteiger partial charge in [-0.2, -0.15) is 26.3 Å². The van der Waals surface area contributed by atoms with Crippen LogP contribution < -0.4 is 0 Å². The van der Waals surface area contributed by atoms with E-state index >= 15 is 0 Å². The Labute approximate surface area is 202 Å². The quantitative estimate of drug-likeness (QED) is 0.284. The summed E-state index contributed by atoms with van der Waals surface area (Å²) in [6.45, 7) is 12.8. The minimum Gasteiger partial charge on any atom is -0.372 e. The van der Waals surface area contributed by atoms with Gasteiger partial charge in [-0.05, 0) is 69.4 Å². The second-order valence-corrected chi connectivity index (χ2v) is 11.5. The van der Waals surface area contributed by atoms with Gasteiger partial charge in [0.25, 0.3) is 0 Å². The summed E-state index contributed by atoms with van der Waals surface area (Å²) in [5, 5.41) is 0. The van der Waals surface area contributed by atoms with Gasteiger partial charge < -0.3 is 4.90 Å². The van der Waals surface area contributed by atoms with Crippen molar-refractivity contribution in [2.24, 2.45) is 5.92 Å². The lowest BCUT2D eigenvalue weighted by Crippen LogP contribution is -2.46. The Bertz CT molecular complexity index is 1120. The van der Waals surface area contributed by atoms with E-state index in [1.165, 1.54) is 32.9 Å². The number of likely N-dealkylation sites (tertiary alicyclic amines) is 1. The largest absolute Gasteiger partial charge is 0.416 e. The van der Waals surface area contributed by atoms with Crippen LogP contribution in [0.15, 0.2) is 77.4 Å². The summed E-state index contributed by atoms with van der Waals surface area (Å²) < 4.78 is 103. The van der Waals surface area contributed by atoms with Crippen LogP contribution >= 0.6 is 0 Å². The van der Waals surface area contributed by atoms with Crippen molar-refractivity contribution in [3.8, 4) is 0 Å². The highest BCUT2D eigenvalue weighted by atomic mass is 32.2. The first kappa shape index (κ1) is 28.7. The van der Waals surface area contributed by atoms with E-state index in [0.29, 0.717) is 43.3 Å². The second-order valence-electron chi connectivity index (χ2n) is 8.94. The molecular formula is C25H29F6NO2S. The normalized spacial score (nSPS) is 17.2. The number of rotatable bonds is 7. The third-order valence-electron chi connectivity index (χ3n) is 6.50. The number of alkyl halides is 6. The van der Waals surface area contributed by atoms with E-state index in [1.807, 2.05) is 4.90 Å². The maximum Gasteiger partial charge on any atom is 0.416 e. The van der Waals surface area contributed by atoms with Gasteiger partial charge in [-0.1, -0.05) is 31.4 Å². The van der Waals surface area contributed by atoms with Crippen LogP contribution in [-0.2, 0) is 16.0 Å². The van der Waals surface area contributed by atoms with E-state index in [2.05, 4.69) is 13.2 Å². The number of halogens is 6. The lowest BCUT2D eigenvalue weighted by Gasteiger charge is -2.41. The zero-order valence-corrected chi connectivity index (χ0v) is 20.6. The minimum atomic E-state index is -4.66. The number of hydrogen-bond donors (Lipinski definition) is 0. The average molecular weight is 522 g/mol. The van der Waals surface area contributed by atoms with Gasteiger partial charge in [0, 0.05) is 18.8 Å². The number of benzene rings is 1. The molecule has 0 aliphatic carbocycles. The van der Waals surface area contributed by atoms with Gasteiger partial charge in [0.1, 0.15) is 0 Å². The Kier molecular flexibility index (Phi) is 8.41. The monoisotopic (exact) mass is 521 g/mol. The molecule has 0 atom stereocenters. The molecule has 1 aromatic rings. The standard InChI is InChI=1S/C25H29F6NO2S/c1-6-19(24(26,27)28)11-10-17(2)18(3)32-14-12-20(13-15-32)23(4,5)35(33,34)22-9-7-8-21(16-22)25(29,30)31/h6-11,16,20H,2-3,12-15H2,1,4-5H3/b11-10-,19-6+. The summed E-state index contributed by atoms with van der Waals surface area (Å²) in [6, 6.07) is 3.73. The summed E-state index contributed by atoms with van der Waals surface area (Å²) in [7, 11) is -4.09. The van der Waals surface area contributed by atoms with Crippen molar-refractivity contribution in [1.29, 1.82) is 0 Å². The molecule has 0 N–H and O–H groups in total. The number of hydrogen-bond acceptors (Lipinski definition) is 3. The fourth-order valence-electron chi connectivity index (χ4n) is 4.05. The summed E-state index contributed by atoms with van der Waals surface area (Å²) in [5.74, 6) is -0.352. The van der Waals surface area contributed by atoms with Crippen molar-refractivity contribution >= 4 is 9.84 Å². The summed E-state index contributed by atoms with van der Waals surface area (Å²) in [5.41, 5.74) is -1.12. The van der Waals surface area contributed by atoms with Crippen molar-refractivity contribution in [2.45, 2.75) is 55.6 Å². The Balaban J connectivity index is 2.13. The van der Waals surface area contributed by atoms with Gasteiger partial charge >= 0.3 is 12.4 Å². The minimum absolute atomic E-state index is 0.294. The maximum atomic E-state index is 13.3. The molecule has 1 saturated heterocycles. The van der Waals surface area contributed by atoms with Crippen molar-refractivity contribution in [3.05, 3.63) is 78.1 Å². The van der Waals surface area contributed by atoms with Gasteiger partial charge in [-0.25, -0.2) is 8.42 Å². The van der Waals surface area contributed by atoms with Crippen LogP contribution in [-0.4, -0.2) is 37.3 Å². The molecule has 1 aromatic carbocycles. The SMILES string of the molecule is C=C(/C=C\C(=C/C)C(F)(F)F)C(=C)N1CCC(C(C)(C)S(=O)(=O)c2cccc(C(F)(F)F)c2)CC1. The lowest BCUT2D eigenvalue weighted by atomic mass is 9.85. The van der Waals surface area contributed by atoms with Gasteiger partial charge in [0.05, 0.1) is 20.8 Å². The zero-order chi connectivity index (χ0) is 26.8. The topological polar surface area (TPSA) is 37.4 Å². The number of nitrogens with zero attached hydrogens (tertiary/aromatic N) is 1. The molecule has 194 valence electrons. The fraction of sp³-hybridized carbons (Fsp3) is 0.440. The molecule has 35 heavy (non-hydrogen) atoms. The van der Waals surface area contributed by atoms with Crippen LogP contribution in [0.25, 0.3) is 0 Å². The third-order valence-corrected chi connectivity index (χ3v) is 9.09. The van der Waals surface area contributed by atoms with Crippen LogP contribution in [0.2, 0.25) is 0 Å². The molecule has 0 saturated carbocycles. The van der Waals surface area contributed by atoms with E-state index in [-0.39, 0.29) is 10.8 Å². The third kappa shape index (κ3) is 6.39. The first-order valence-corrected chi connectivity index (χ1v) is 12.4. The predicted octanol–water partition coefficient (Wildman–Crippen LogP) is 7.10. The van der Waals surface area contributed by atoms with Gasteiger partial charge in [0.2, 0.25) is 0 Å². The molecular weight excluding hydrogens is 492 g/mol. The molecule has 0 radical (unpaired) electrons. The lowest BCUT2D eigenvalue weighted by molar-refractivity contribution is -0.137. The van der Waals surface area contributed by atoms with Gasteiger partial charge in [-0.15, -0.1) is 0 Å². The molecule has 1 fully saturated rings. The highest BCUT2D eigenvalue weighted by Crippen LogP contribution is 2.40. The number of allylic oxidation sites excluding steroid dienone is 4. The maximum absolute atomic E-state index is 13.3. The van der Waals surface area contributed by atoms with Crippen LogP contribution in [0.3, 0.4) is 0 Å². The van der Waals surface area contributed by atoms with Crippen molar-refractivity contribution in [2.75, 3.05) is 13.1 Å². The summed E-state index contributed by atoms with van der Waals surface area (Å²) in [6.07, 6.45) is -5.23. The smallest absolute Gasteiger partial charge is 0.372 e. The first-order valence-electron chi connectivity index (χ1n) is 10.9. The van der Waals surface area contributed by atoms with Gasteiger partial charge in [0.15, 0.2) is 9.84 Å². The molecule has 3 nitrogen and oxygen atoms in total. The Hall–Kier alpha value is -2.49. The van der Waals surface area contributed by atoms with Crippen LogP contribution in [0.4, 0.5) is 26.3 Å². The predicted molar refractivity (Wildman–Crippen MR) is 124 cm³/mol. The highest BCUT2D eigenvalue weighted by Gasteiger charge is 2.44. The molecule has 0 amide bonds. The Morgan fingerprint density at radius 1 is 1.03 bits per heavy atom. The second kappa shape index (κ2) is 10.2. The molecule has 0 aromatic heterocycles. The average Bonchev–Trinajstić information content (AvgIpc) is 2.77. The number of sulfone groups is 1. The molecule has 10 heteroatoms. The molecule has 0 unspecified atom stereocenters. The van der Waals surface area contributed by atoms with Crippen molar-refractivity contribution in [1.82, 2.24) is 4.90 Å². The Morgan fingerprint density at radius 2 is 1.60 bits per heavy atom. The Morgan fingerprint density at radius 3 is 2.09 bits per heavy atom. The summed E-state index contributed by atoms with van der Waals surface area (Å²) >= 11 is 0. The van der Waals surface area contributed by atoms with E-state index < -0.39 is 38.1 Å². The van der Waals surface area contributed by atoms with Crippen LogP contribution in [0.5, 0.6) is 0 Å². The highest BCUT2D eigenvalue weighted by molar-refractivity contribution is 7.92. The van der Waals surface area contributed by atoms with E-state index in [9.17, 15) is 34.8 Å². The van der Waals surface area contributed by atoms with Crippen LogP contribution in [0.1, 0.15) is 39.2 Å². The van der Waals surface area contributed by atoms with E-state index in [0.717, 1.165) is 24.3 Å². The molecule has 2 rings (SSSR count). The molecule has 0 bridgehead atoms. The van der Waals surface area contributed by atoms with Crippen LogP contribution in [0, 0.1) is 5.92 Å². The van der Waals surface area contributed by atoms with Crippen molar-refractivity contribution in [3.63, 3.8) is 0 Å².